The van der Waals surface area contributed by atoms with Crippen LogP contribution in [0.3, 0.4) is 0 Å². The highest BCUT2D eigenvalue weighted by Crippen LogP contribution is 2.27. The summed E-state index contributed by atoms with van der Waals surface area (Å²) < 4.78 is 10.9. The summed E-state index contributed by atoms with van der Waals surface area (Å²) in [6.45, 7) is 6.15. The molecule has 1 aromatic heterocycles. The van der Waals surface area contributed by atoms with Gasteiger partial charge in [-0.15, -0.1) is 0 Å². The summed E-state index contributed by atoms with van der Waals surface area (Å²) in [7, 11) is 0. The van der Waals surface area contributed by atoms with Crippen LogP contribution in [0, 0.1) is 0 Å². The second-order valence-electron chi connectivity index (χ2n) is 7.27. The summed E-state index contributed by atoms with van der Waals surface area (Å²) in [6.07, 6.45) is 0.636. The summed E-state index contributed by atoms with van der Waals surface area (Å²) in [5.74, 6) is 0.983. The zero-order chi connectivity index (χ0) is 20.0. The molecular weight excluding hydrogens is 356 g/mol. The standard InChI is InChI=1S/C22H24N2O4/c1-22(2,3)28-24(16-25)13-14-26-21-15-20(27-23-21)19-11-9-18(10-12-19)17-7-5-4-6-8-17/h4-12,15-16H,13-14H2,1-3H3. The SMILES string of the molecule is CC(C)(C)ON(C=O)CCOc1cc(-c2ccc(-c3ccccc3)cc2)on1. The average Bonchev–Trinajstić information content (AvgIpc) is 3.16. The second kappa shape index (κ2) is 8.71. The molecule has 0 aliphatic carbocycles. The van der Waals surface area contributed by atoms with E-state index in [0.717, 1.165) is 16.7 Å². The van der Waals surface area contributed by atoms with E-state index in [9.17, 15) is 4.79 Å². The van der Waals surface area contributed by atoms with Gasteiger partial charge >= 0.3 is 0 Å². The number of amides is 1. The minimum absolute atomic E-state index is 0.244. The molecule has 6 nitrogen and oxygen atoms in total. The van der Waals surface area contributed by atoms with Gasteiger partial charge in [-0.1, -0.05) is 54.6 Å². The number of hydroxylamine groups is 2. The fraction of sp³-hybridized carbons (Fsp3) is 0.273. The van der Waals surface area contributed by atoms with Crippen LogP contribution < -0.4 is 4.74 Å². The molecule has 146 valence electrons. The number of aromatic nitrogens is 1. The van der Waals surface area contributed by atoms with Crippen LogP contribution in [-0.2, 0) is 9.63 Å². The average molecular weight is 380 g/mol. The highest BCUT2D eigenvalue weighted by Gasteiger charge is 2.16. The minimum Gasteiger partial charge on any atom is -0.474 e. The Hall–Kier alpha value is -3.12. The first-order chi connectivity index (χ1) is 13.4. The van der Waals surface area contributed by atoms with E-state index >= 15 is 0 Å². The molecule has 0 spiro atoms. The Balaban J connectivity index is 1.57. The predicted octanol–water partition coefficient (Wildman–Crippen LogP) is 4.58. The van der Waals surface area contributed by atoms with Gasteiger partial charge in [0.15, 0.2) is 5.76 Å². The summed E-state index contributed by atoms with van der Waals surface area (Å²) >= 11 is 0. The van der Waals surface area contributed by atoms with Crippen LogP contribution >= 0.6 is 0 Å². The van der Waals surface area contributed by atoms with Gasteiger partial charge in [-0.05, 0) is 37.1 Å². The van der Waals surface area contributed by atoms with Gasteiger partial charge in [0, 0.05) is 11.6 Å². The van der Waals surface area contributed by atoms with Crippen LogP contribution in [0.4, 0.5) is 0 Å². The van der Waals surface area contributed by atoms with E-state index in [1.165, 1.54) is 5.06 Å². The van der Waals surface area contributed by atoms with E-state index in [0.29, 0.717) is 18.1 Å². The molecule has 28 heavy (non-hydrogen) atoms. The maximum Gasteiger partial charge on any atom is 0.254 e. The molecule has 2 aromatic carbocycles. The first-order valence-corrected chi connectivity index (χ1v) is 9.11. The Morgan fingerprint density at radius 1 is 1.00 bits per heavy atom. The van der Waals surface area contributed by atoms with Crippen molar-refractivity contribution >= 4 is 6.41 Å². The molecular formula is C22H24N2O4. The van der Waals surface area contributed by atoms with E-state index in [4.69, 9.17) is 14.1 Å². The van der Waals surface area contributed by atoms with Gasteiger partial charge in [0.1, 0.15) is 6.61 Å². The molecule has 0 unspecified atom stereocenters. The predicted molar refractivity (Wildman–Crippen MR) is 106 cm³/mol. The lowest BCUT2D eigenvalue weighted by Gasteiger charge is -2.26. The lowest BCUT2D eigenvalue weighted by atomic mass is 10.0. The maximum absolute atomic E-state index is 11.1. The van der Waals surface area contributed by atoms with Crippen LogP contribution in [0.1, 0.15) is 20.8 Å². The highest BCUT2D eigenvalue weighted by molar-refractivity contribution is 5.68. The third-order valence-electron chi connectivity index (χ3n) is 3.84. The third-order valence-corrected chi connectivity index (χ3v) is 3.84. The van der Waals surface area contributed by atoms with Gasteiger partial charge in [-0.3, -0.25) is 9.63 Å². The van der Waals surface area contributed by atoms with Crippen molar-refractivity contribution < 1.29 is 18.9 Å². The fourth-order valence-corrected chi connectivity index (χ4v) is 2.63. The molecule has 1 amide bonds. The largest absolute Gasteiger partial charge is 0.474 e. The third kappa shape index (κ3) is 5.44. The number of hydrogen-bond acceptors (Lipinski definition) is 5. The molecule has 0 atom stereocenters. The van der Waals surface area contributed by atoms with Crippen molar-refractivity contribution in [1.82, 2.24) is 10.2 Å². The van der Waals surface area contributed by atoms with E-state index in [1.807, 2.05) is 63.2 Å². The van der Waals surface area contributed by atoms with Gasteiger partial charge in [0.25, 0.3) is 5.88 Å². The molecule has 3 aromatic rings. The summed E-state index contributed by atoms with van der Waals surface area (Å²) in [4.78, 5) is 16.5. The lowest BCUT2D eigenvalue weighted by molar-refractivity contribution is -0.217. The first kappa shape index (κ1) is 19.6. The van der Waals surface area contributed by atoms with Crippen LogP contribution in [0.2, 0.25) is 0 Å². The van der Waals surface area contributed by atoms with E-state index in [2.05, 4.69) is 17.3 Å². The molecule has 0 fully saturated rings. The Bertz CT molecular complexity index is 883. The smallest absolute Gasteiger partial charge is 0.254 e. The number of carbonyl (C=O) groups is 1. The minimum atomic E-state index is -0.451. The highest BCUT2D eigenvalue weighted by atomic mass is 16.7. The zero-order valence-electron chi connectivity index (χ0n) is 16.3. The van der Waals surface area contributed by atoms with E-state index < -0.39 is 5.60 Å². The van der Waals surface area contributed by atoms with Crippen molar-refractivity contribution in [2.75, 3.05) is 13.2 Å². The summed E-state index contributed by atoms with van der Waals surface area (Å²) in [5, 5.41) is 5.14. The molecule has 1 heterocycles. The first-order valence-electron chi connectivity index (χ1n) is 9.11. The number of ether oxygens (including phenoxy) is 1. The number of benzene rings is 2. The Kier molecular flexibility index (Phi) is 6.11. The molecule has 0 saturated heterocycles. The monoisotopic (exact) mass is 380 g/mol. The molecule has 0 aliphatic rings. The van der Waals surface area contributed by atoms with E-state index in [1.54, 1.807) is 6.07 Å². The van der Waals surface area contributed by atoms with Crippen molar-refractivity contribution in [3.8, 4) is 28.3 Å². The van der Waals surface area contributed by atoms with Crippen molar-refractivity contribution in [2.24, 2.45) is 0 Å². The van der Waals surface area contributed by atoms with Crippen molar-refractivity contribution in [3.05, 3.63) is 60.7 Å². The molecule has 0 saturated carbocycles. The molecule has 0 N–H and O–H groups in total. The molecule has 0 aliphatic heterocycles. The fourth-order valence-electron chi connectivity index (χ4n) is 2.63. The number of hydrogen-bond donors (Lipinski definition) is 0. The quantitative estimate of drug-likeness (QED) is 0.423. The number of rotatable bonds is 8. The van der Waals surface area contributed by atoms with Crippen LogP contribution in [0.25, 0.3) is 22.5 Å². The Labute approximate surface area is 164 Å². The molecule has 3 rings (SSSR count). The normalized spacial score (nSPS) is 11.2. The Morgan fingerprint density at radius 2 is 1.64 bits per heavy atom. The van der Waals surface area contributed by atoms with Gasteiger partial charge in [0.05, 0.1) is 12.1 Å². The van der Waals surface area contributed by atoms with Crippen molar-refractivity contribution in [2.45, 2.75) is 26.4 Å². The van der Waals surface area contributed by atoms with Crippen molar-refractivity contribution in [3.63, 3.8) is 0 Å². The van der Waals surface area contributed by atoms with Gasteiger partial charge in [-0.25, -0.2) is 5.06 Å². The van der Waals surface area contributed by atoms with Crippen LogP contribution in [0.15, 0.2) is 65.2 Å². The lowest BCUT2D eigenvalue weighted by Crippen LogP contribution is -2.35. The molecule has 0 radical (unpaired) electrons. The number of carbonyl (C=O) groups excluding carboxylic acids is 1. The topological polar surface area (TPSA) is 64.8 Å². The Morgan fingerprint density at radius 3 is 2.29 bits per heavy atom. The number of nitrogens with zero attached hydrogens (tertiary/aromatic N) is 2. The summed E-state index contributed by atoms with van der Waals surface area (Å²) in [5.41, 5.74) is 2.75. The summed E-state index contributed by atoms with van der Waals surface area (Å²) in [6, 6.07) is 20.0. The van der Waals surface area contributed by atoms with E-state index in [-0.39, 0.29) is 13.2 Å². The van der Waals surface area contributed by atoms with Crippen LogP contribution in [0.5, 0.6) is 5.88 Å². The van der Waals surface area contributed by atoms with Crippen LogP contribution in [-0.4, -0.2) is 35.4 Å². The molecule has 0 bridgehead atoms. The molecule has 6 heteroatoms. The van der Waals surface area contributed by atoms with Gasteiger partial charge < -0.3 is 9.26 Å². The van der Waals surface area contributed by atoms with Gasteiger partial charge in [0.2, 0.25) is 6.41 Å². The second-order valence-corrected chi connectivity index (χ2v) is 7.27. The zero-order valence-corrected chi connectivity index (χ0v) is 16.3. The van der Waals surface area contributed by atoms with Gasteiger partial charge in [-0.2, -0.15) is 0 Å². The maximum atomic E-state index is 11.1. The van der Waals surface area contributed by atoms with Crippen molar-refractivity contribution in [1.29, 1.82) is 0 Å².